The van der Waals surface area contributed by atoms with Gasteiger partial charge in [-0.05, 0) is 104 Å². The molecular formula is C59H39N3S. The zero-order valence-corrected chi connectivity index (χ0v) is 35.6. The van der Waals surface area contributed by atoms with E-state index in [2.05, 4.69) is 219 Å². The van der Waals surface area contributed by atoms with E-state index in [4.69, 9.17) is 9.97 Å². The van der Waals surface area contributed by atoms with Gasteiger partial charge in [-0.2, -0.15) is 0 Å². The van der Waals surface area contributed by atoms with E-state index >= 15 is 0 Å². The fraction of sp³-hybridized carbons (Fsp3) is 0.0508. The number of hydrogen-bond acceptors (Lipinski definition) is 3. The van der Waals surface area contributed by atoms with Gasteiger partial charge in [-0.15, -0.1) is 11.3 Å². The van der Waals surface area contributed by atoms with E-state index in [0.29, 0.717) is 5.95 Å². The Bertz CT molecular complexity index is 3820. The van der Waals surface area contributed by atoms with E-state index in [1.165, 1.54) is 75.5 Å². The summed E-state index contributed by atoms with van der Waals surface area (Å²) in [6.45, 7) is 4.76. The molecule has 0 bridgehead atoms. The highest BCUT2D eigenvalue weighted by molar-refractivity contribution is 7.25. The molecule has 0 unspecified atom stereocenters. The summed E-state index contributed by atoms with van der Waals surface area (Å²) in [5, 5.41) is 6.10. The van der Waals surface area contributed by atoms with Crippen LogP contribution in [0.25, 0.3) is 115 Å². The number of para-hydroxylation sites is 1. The summed E-state index contributed by atoms with van der Waals surface area (Å²) >= 11 is 1.86. The quantitative estimate of drug-likeness (QED) is 0.173. The largest absolute Gasteiger partial charge is 0.278 e. The summed E-state index contributed by atoms with van der Waals surface area (Å²) in [6, 6.07) is 72.8. The molecule has 0 saturated carbocycles. The van der Waals surface area contributed by atoms with Gasteiger partial charge in [0, 0.05) is 47.3 Å². The van der Waals surface area contributed by atoms with Crippen molar-refractivity contribution in [3.63, 3.8) is 0 Å². The smallest absolute Gasteiger partial charge is 0.235 e. The van der Waals surface area contributed by atoms with E-state index in [1.54, 1.807) is 0 Å². The number of benzene rings is 9. The summed E-state index contributed by atoms with van der Waals surface area (Å²) < 4.78 is 4.94. The second kappa shape index (κ2) is 13.7. The van der Waals surface area contributed by atoms with Gasteiger partial charge >= 0.3 is 0 Å². The Morgan fingerprint density at radius 2 is 1.02 bits per heavy atom. The Labute approximate surface area is 369 Å². The Kier molecular flexibility index (Phi) is 7.82. The van der Waals surface area contributed by atoms with E-state index < -0.39 is 0 Å². The molecule has 0 aliphatic heterocycles. The number of rotatable bonds is 5. The van der Waals surface area contributed by atoms with Crippen LogP contribution in [0.4, 0.5) is 0 Å². The van der Waals surface area contributed by atoms with Crippen molar-refractivity contribution in [2.75, 3.05) is 0 Å². The highest BCUT2D eigenvalue weighted by atomic mass is 32.1. The lowest BCUT2D eigenvalue weighted by Gasteiger charge is -2.22. The van der Waals surface area contributed by atoms with Gasteiger partial charge in [-0.3, -0.25) is 4.57 Å². The van der Waals surface area contributed by atoms with Gasteiger partial charge in [0.05, 0.1) is 22.2 Å². The van der Waals surface area contributed by atoms with Gasteiger partial charge in [-0.25, -0.2) is 9.97 Å². The van der Waals surface area contributed by atoms with Crippen LogP contribution in [0.1, 0.15) is 25.0 Å². The van der Waals surface area contributed by atoms with Crippen molar-refractivity contribution < 1.29 is 0 Å². The topological polar surface area (TPSA) is 30.7 Å². The molecule has 3 aromatic heterocycles. The maximum Gasteiger partial charge on any atom is 0.235 e. The Morgan fingerprint density at radius 1 is 0.413 bits per heavy atom. The zero-order valence-electron chi connectivity index (χ0n) is 34.8. The SMILES string of the molecule is CC1(C)c2ccccc2-c2ccc3c(c21)c1cc(-c2ccc4sc5ccccc5c4c2)ccc1n3-c1nc(-c2cccc(-c3ccc(-c4ccccc4)cc3)c2)c2ccccc2n1. The zero-order chi connectivity index (χ0) is 41.8. The maximum atomic E-state index is 5.56. The lowest BCUT2D eigenvalue weighted by molar-refractivity contribution is 0.666. The van der Waals surface area contributed by atoms with Crippen molar-refractivity contribution in [1.29, 1.82) is 0 Å². The van der Waals surface area contributed by atoms with Crippen LogP contribution in [0.3, 0.4) is 0 Å². The van der Waals surface area contributed by atoms with Crippen LogP contribution in [0.5, 0.6) is 0 Å². The molecule has 13 rings (SSSR count). The fourth-order valence-corrected chi connectivity index (χ4v) is 11.5. The van der Waals surface area contributed by atoms with Crippen molar-refractivity contribution >= 4 is 64.2 Å². The predicted molar refractivity (Wildman–Crippen MR) is 266 cm³/mol. The maximum absolute atomic E-state index is 5.56. The van der Waals surface area contributed by atoms with E-state index in [9.17, 15) is 0 Å². The summed E-state index contributed by atoms with van der Waals surface area (Å²) in [5.41, 5.74) is 17.3. The third kappa shape index (κ3) is 5.51. The number of thiophene rings is 1. The summed E-state index contributed by atoms with van der Waals surface area (Å²) in [4.78, 5) is 10.9. The molecule has 0 spiro atoms. The normalized spacial score (nSPS) is 13.0. The van der Waals surface area contributed by atoms with Crippen LogP contribution in [0, 0.1) is 0 Å². The van der Waals surface area contributed by atoms with Crippen LogP contribution < -0.4 is 0 Å². The molecule has 1 aliphatic carbocycles. The average Bonchev–Trinajstić information content (AvgIpc) is 3.96. The van der Waals surface area contributed by atoms with Gasteiger partial charge in [0.2, 0.25) is 5.95 Å². The predicted octanol–water partition coefficient (Wildman–Crippen LogP) is 16.1. The van der Waals surface area contributed by atoms with Crippen molar-refractivity contribution in [3.05, 3.63) is 211 Å². The van der Waals surface area contributed by atoms with Crippen LogP contribution in [0.15, 0.2) is 200 Å². The number of aromatic nitrogens is 3. The minimum absolute atomic E-state index is 0.218. The van der Waals surface area contributed by atoms with Crippen LogP contribution in [-0.4, -0.2) is 14.5 Å². The van der Waals surface area contributed by atoms with Crippen molar-refractivity contribution in [2.45, 2.75) is 19.3 Å². The first-order chi connectivity index (χ1) is 31.0. The van der Waals surface area contributed by atoms with Gasteiger partial charge in [0.15, 0.2) is 0 Å². The molecule has 12 aromatic rings. The van der Waals surface area contributed by atoms with Gasteiger partial charge in [0.25, 0.3) is 0 Å². The average molecular weight is 822 g/mol. The van der Waals surface area contributed by atoms with Crippen LogP contribution in [0.2, 0.25) is 0 Å². The van der Waals surface area contributed by atoms with Crippen molar-refractivity contribution in [2.24, 2.45) is 0 Å². The summed E-state index contributed by atoms with van der Waals surface area (Å²) in [7, 11) is 0. The molecule has 1 aliphatic rings. The highest BCUT2D eigenvalue weighted by Gasteiger charge is 2.38. The number of hydrogen-bond donors (Lipinski definition) is 0. The monoisotopic (exact) mass is 821 g/mol. The lowest BCUT2D eigenvalue weighted by atomic mass is 9.80. The second-order valence-corrected chi connectivity index (χ2v) is 18.4. The first kappa shape index (κ1) is 36.0. The molecule has 4 heteroatoms. The van der Waals surface area contributed by atoms with E-state index in [-0.39, 0.29) is 5.41 Å². The summed E-state index contributed by atoms with van der Waals surface area (Å²) in [6.07, 6.45) is 0. The van der Waals surface area contributed by atoms with Crippen LogP contribution >= 0.6 is 11.3 Å². The Hall–Kier alpha value is -7.66. The van der Waals surface area contributed by atoms with Crippen molar-refractivity contribution in [3.8, 4) is 61.7 Å². The molecule has 296 valence electrons. The van der Waals surface area contributed by atoms with Gasteiger partial charge in [-0.1, -0.05) is 166 Å². The molecule has 3 heterocycles. The first-order valence-electron chi connectivity index (χ1n) is 21.6. The molecule has 0 atom stereocenters. The van der Waals surface area contributed by atoms with Crippen molar-refractivity contribution in [1.82, 2.24) is 14.5 Å². The molecule has 63 heavy (non-hydrogen) atoms. The fourth-order valence-electron chi connectivity index (χ4n) is 10.4. The van der Waals surface area contributed by atoms with E-state index in [1.807, 2.05) is 11.3 Å². The Morgan fingerprint density at radius 3 is 1.87 bits per heavy atom. The molecule has 0 fully saturated rings. The molecule has 9 aromatic carbocycles. The molecular weight excluding hydrogens is 783 g/mol. The van der Waals surface area contributed by atoms with Gasteiger partial charge in [0.1, 0.15) is 0 Å². The third-order valence-corrected chi connectivity index (χ3v) is 14.6. The summed E-state index contributed by atoms with van der Waals surface area (Å²) in [5.74, 6) is 0.661. The standard InChI is InChI=1S/C59H39N3S/c1-59(2)49-20-9-6-17-43(49)45-29-31-52-55(56(45)59)48-35-40(41-28-32-54-47(34-41)44-18-8-11-22-53(44)63-54)27-30-51(48)62(52)58-60-50-21-10-7-19-46(50)57(61-58)42-16-12-15-39(33-42)38-25-23-37(24-26-38)36-13-4-3-5-14-36/h3-35H,1-2H3. The number of nitrogens with zero attached hydrogens (tertiary/aromatic N) is 3. The first-order valence-corrected chi connectivity index (χ1v) is 22.5. The second-order valence-electron chi connectivity index (χ2n) is 17.3. The molecule has 0 N–H and O–H groups in total. The molecule has 0 amide bonds. The van der Waals surface area contributed by atoms with E-state index in [0.717, 1.165) is 44.3 Å². The van der Waals surface area contributed by atoms with Gasteiger partial charge < -0.3 is 0 Å². The lowest BCUT2D eigenvalue weighted by Crippen LogP contribution is -2.15. The Balaban J connectivity index is 1.03. The molecule has 0 saturated heterocycles. The number of fused-ring (bicyclic) bond motifs is 11. The third-order valence-electron chi connectivity index (χ3n) is 13.4. The minimum atomic E-state index is -0.218. The minimum Gasteiger partial charge on any atom is -0.278 e. The molecule has 0 radical (unpaired) electrons. The molecule has 3 nitrogen and oxygen atoms in total. The highest BCUT2D eigenvalue weighted by Crippen LogP contribution is 2.53. The van der Waals surface area contributed by atoms with Crippen LogP contribution in [-0.2, 0) is 5.41 Å².